The summed E-state index contributed by atoms with van der Waals surface area (Å²) in [7, 11) is 0. The molecule has 4 N–H and O–H groups in total. The number of carbonyl (C=O) groups excluding carboxylic acids is 3. The zero-order valence-electron chi connectivity index (χ0n) is 19.8. The SMILES string of the molecule is O=C(CC(O)(CC(=O)N/N=C/c1ccccc1)C(=O)N/N=C/c1ccccc1)N/N=C/c1ccccc1. The highest BCUT2D eigenvalue weighted by Crippen LogP contribution is 2.16. The molecule has 3 rings (SSSR count). The van der Waals surface area contributed by atoms with Gasteiger partial charge in [0.05, 0.1) is 31.5 Å². The van der Waals surface area contributed by atoms with Gasteiger partial charge in [-0.15, -0.1) is 0 Å². The molecule has 10 nitrogen and oxygen atoms in total. The number of nitrogens with zero attached hydrogens (tertiary/aromatic N) is 3. The molecule has 0 spiro atoms. The minimum atomic E-state index is -2.42. The van der Waals surface area contributed by atoms with Gasteiger partial charge >= 0.3 is 0 Å². The van der Waals surface area contributed by atoms with Gasteiger partial charge in [-0.3, -0.25) is 14.4 Å². The molecular formula is C27H26N6O4. The second-order valence-corrected chi connectivity index (χ2v) is 7.90. The Kier molecular flexibility index (Phi) is 9.94. The zero-order valence-corrected chi connectivity index (χ0v) is 19.8. The first-order valence-electron chi connectivity index (χ1n) is 11.3. The molecule has 0 aromatic heterocycles. The highest BCUT2D eigenvalue weighted by Gasteiger charge is 2.40. The third-order valence-corrected chi connectivity index (χ3v) is 4.91. The number of aliphatic hydroxyl groups is 1. The first-order valence-corrected chi connectivity index (χ1v) is 11.3. The van der Waals surface area contributed by atoms with Crippen molar-refractivity contribution in [1.29, 1.82) is 0 Å². The Morgan fingerprint density at radius 3 is 1.27 bits per heavy atom. The van der Waals surface area contributed by atoms with Gasteiger partial charge in [0, 0.05) is 0 Å². The van der Waals surface area contributed by atoms with E-state index in [0.717, 1.165) is 11.1 Å². The summed E-state index contributed by atoms with van der Waals surface area (Å²) in [6.45, 7) is 0. The van der Waals surface area contributed by atoms with Gasteiger partial charge in [-0.1, -0.05) is 91.0 Å². The first-order chi connectivity index (χ1) is 17.9. The fourth-order valence-electron chi connectivity index (χ4n) is 3.08. The van der Waals surface area contributed by atoms with Gasteiger partial charge in [-0.2, -0.15) is 15.3 Å². The Morgan fingerprint density at radius 2 is 0.919 bits per heavy atom. The topological polar surface area (TPSA) is 145 Å². The molecule has 188 valence electrons. The van der Waals surface area contributed by atoms with Crippen molar-refractivity contribution >= 4 is 36.4 Å². The molecule has 0 radical (unpaired) electrons. The van der Waals surface area contributed by atoms with E-state index in [0.29, 0.717) is 5.56 Å². The number of benzene rings is 3. The first kappa shape index (κ1) is 26.6. The second-order valence-electron chi connectivity index (χ2n) is 7.90. The molecule has 0 heterocycles. The molecular weight excluding hydrogens is 472 g/mol. The van der Waals surface area contributed by atoms with E-state index in [2.05, 4.69) is 31.6 Å². The third-order valence-electron chi connectivity index (χ3n) is 4.91. The molecule has 10 heteroatoms. The van der Waals surface area contributed by atoms with Gasteiger partial charge in [-0.25, -0.2) is 16.3 Å². The number of amides is 3. The summed E-state index contributed by atoms with van der Waals surface area (Å²) in [6, 6.07) is 27.0. The molecule has 0 fully saturated rings. The van der Waals surface area contributed by atoms with Crippen LogP contribution in [0.25, 0.3) is 0 Å². The van der Waals surface area contributed by atoms with Gasteiger partial charge in [0.2, 0.25) is 11.8 Å². The molecule has 0 unspecified atom stereocenters. The van der Waals surface area contributed by atoms with E-state index in [4.69, 9.17) is 0 Å². The molecule has 0 saturated heterocycles. The minimum absolute atomic E-state index is 0.701. The molecule has 3 aromatic rings. The predicted molar refractivity (Wildman–Crippen MR) is 141 cm³/mol. The number of nitrogens with one attached hydrogen (secondary N) is 3. The van der Waals surface area contributed by atoms with E-state index in [1.807, 2.05) is 18.2 Å². The summed E-state index contributed by atoms with van der Waals surface area (Å²) in [6.07, 6.45) is 2.69. The van der Waals surface area contributed by atoms with E-state index < -0.39 is 36.2 Å². The average Bonchev–Trinajstić information content (AvgIpc) is 2.90. The Morgan fingerprint density at radius 1 is 0.595 bits per heavy atom. The summed E-state index contributed by atoms with van der Waals surface area (Å²) >= 11 is 0. The van der Waals surface area contributed by atoms with Crippen molar-refractivity contribution in [3.05, 3.63) is 108 Å². The largest absolute Gasteiger partial charge is 0.379 e. The van der Waals surface area contributed by atoms with Crippen molar-refractivity contribution < 1.29 is 19.5 Å². The van der Waals surface area contributed by atoms with Crippen molar-refractivity contribution in [3.8, 4) is 0 Å². The molecule has 0 saturated carbocycles. The van der Waals surface area contributed by atoms with E-state index in [1.165, 1.54) is 18.6 Å². The van der Waals surface area contributed by atoms with Crippen LogP contribution in [0.1, 0.15) is 29.5 Å². The molecule has 0 aliphatic heterocycles. The van der Waals surface area contributed by atoms with E-state index in [9.17, 15) is 19.5 Å². The van der Waals surface area contributed by atoms with Gasteiger partial charge < -0.3 is 5.11 Å². The minimum Gasteiger partial charge on any atom is -0.379 e. The van der Waals surface area contributed by atoms with Gasteiger partial charge in [0.1, 0.15) is 0 Å². The maximum absolute atomic E-state index is 12.8. The quantitative estimate of drug-likeness (QED) is 0.237. The van der Waals surface area contributed by atoms with Crippen molar-refractivity contribution in [2.75, 3.05) is 0 Å². The van der Waals surface area contributed by atoms with Gasteiger partial charge in [0.25, 0.3) is 5.91 Å². The highest BCUT2D eigenvalue weighted by molar-refractivity contribution is 5.96. The summed E-state index contributed by atoms with van der Waals surface area (Å²) in [5, 5.41) is 22.5. The third kappa shape index (κ3) is 9.30. The van der Waals surface area contributed by atoms with Crippen molar-refractivity contribution in [1.82, 2.24) is 16.3 Å². The van der Waals surface area contributed by atoms with Crippen LogP contribution >= 0.6 is 0 Å². The number of hydrazone groups is 3. The predicted octanol–water partition coefficient (Wildman–Crippen LogP) is 1.95. The normalized spacial score (nSPS) is 11.6. The summed E-state index contributed by atoms with van der Waals surface area (Å²) in [5.74, 6) is -2.60. The maximum Gasteiger partial charge on any atom is 0.273 e. The maximum atomic E-state index is 12.8. The Bertz CT molecular complexity index is 1200. The molecule has 0 aliphatic carbocycles. The van der Waals surface area contributed by atoms with Crippen molar-refractivity contribution in [2.45, 2.75) is 18.4 Å². The fraction of sp³-hybridized carbons (Fsp3) is 0.111. The monoisotopic (exact) mass is 498 g/mol. The Balaban J connectivity index is 1.65. The van der Waals surface area contributed by atoms with E-state index in [1.54, 1.807) is 72.8 Å². The number of hydrogen-bond acceptors (Lipinski definition) is 7. The zero-order chi connectivity index (χ0) is 26.3. The highest BCUT2D eigenvalue weighted by atomic mass is 16.3. The lowest BCUT2D eigenvalue weighted by molar-refractivity contribution is -0.149. The Labute approximate surface area is 213 Å². The molecule has 0 aliphatic rings. The lowest BCUT2D eigenvalue weighted by Crippen LogP contribution is -2.50. The van der Waals surface area contributed by atoms with E-state index in [-0.39, 0.29) is 0 Å². The van der Waals surface area contributed by atoms with Gasteiger partial charge in [-0.05, 0) is 16.7 Å². The second kappa shape index (κ2) is 13.8. The smallest absolute Gasteiger partial charge is 0.273 e. The van der Waals surface area contributed by atoms with Crippen LogP contribution in [0, 0.1) is 0 Å². The molecule has 3 amide bonds. The van der Waals surface area contributed by atoms with Crippen LogP contribution in [0.15, 0.2) is 106 Å². The molecule has 3 aromatic carbocycles. The lowest BCUT2D eigenvalue weighted by atomic mass is 9.94. The summed E-state index contributed by atoms with van der Waals surface area (Å²) in [4.78, 5) is 37.7. The Hall–Kier alpha value is -4.96. The van der Waals surface area contributed by atoms with Crippen LogP contribution in [-0.2, 0) is 14.4 Å². The average molecular weight is 499 g/mol. The molecule has 37 heavy (non-hydrogen) atoms. The number of rotatable bonds is 11. The fourth-order valence-corrected chi connectivity index (χ4v) is 3.08. The van der Waals surface area contributed by atoms with Crippen LogP contribution < -0.4 is 16.3 Å². The summed E-state index contributed by atoms with van der Waals surface area (Å²) in [5.41, 5.74) is 6.45. The molecule has 0 atom stereocenters. The van der Waals surface area contributed by atoms with Gasteiger partial charge in [0.15, 0.2) is 5.60 Å². The molecule has 0 bridgehead atoms. The van der Waals surface area contributed by atoms with Crippen LogP contribution in [0.2, 0.25) is 0 Å². The van der Waals surface area contributed by atoms with Crippen LogP contribution in [0.4, 0.5) is 0 Å². The van der Waals surface area contributed by atoms with Crippen LogP contribution in [-0.4, -0.2) is 47.1 Å². The standard InChI is InChI=1S/C27H26N6O4/c34-24(31-28-18-21-10-4-1-5-11-21)16-27(37,26(36)33-30-20-23-14-8-3-9-15-23)17-25(35)32-29-19-22-12-6-2-7-13-22/h1-15,18-20,37H,16-17H2,(H,31,34)(H,32,35)(H,33,36)/b28-18+,29-19+,30-20+. The van der Waals surface area contributed by atoms with Crippen LogP contribution in [0.5, 0.6) is 0 Å². The van der Waals surface area contributed by atoms with E-state index >= 15 is 0 Å². The van der Waals surface area contributed by atoms with Crippen molar-refractivity contribution in [3.63, 3.8) is 0 Å². The van der Waals surface area contributed by atoms with Crippen molar-refractivity contribution in [2.24, 2.45) is 15.3 Å². The number of carbonyl (C=O) groups is 3. The van der Waals surface area contributed by atoms with Crippen LogP contribution in [0.3, 0.4) is 0 Å². The summed E-state index contributed by atoms with van der Waals surface area (Å²) < 4.78 is 0. The number of hydrogen-bond donors (Lipinski definition) is 4. The lowest BCUT2D eigenvalue weighted by Gasteiger charge is -2.24.